The van der Waals surface area contributed by atoms with Gasteiger partial charge in [-0.2, -0.15) is 8.78 Å². The third-order valence-electron chi connectivity index (χ3n) is 3.86. The van der Waals surface area contributed by atoms with E-state index in [-0.39, 0.29) is 22.7 Å². The third kappa shape index (κ3) is 4.62. The van der Waals surface area contributed by atoms with E-state index in [2.05, 4.69) is 10.6 Å². The van der Waals surface area contributed by atoms with Crippen molar-refractivity contribution in [2.45, 2.75) is 30.4 Å². The minimum atomic E-state index is -4.76. The van der Waals surface area contributed by atoms with Crippen LogP contribution < -0.4 is 10.6 Å². The quantitative estimate of drug-likeness (QED) is 0.811. The molecule has 2 N–H and O–H groups in total. The van der Waals surface area contributed by atoms with Crippen LogP contribution in [0.5, 0.6) is 0 Å². The van der Waals surface area contributed by atoms with Crippen molar-refractivity contribution in [1.29, 1.82) is 0 Å². The first kappa shape index (κ1) is 20.3. The second kappa shape index (κ2) is 7.87. The molecule has 1 saturated heterocycles. The van der Waals surface area contributed by atoms with Crippen molar-refractivity contribution in [3.05, 3.63) is 16.3 Å². The molecule has 23 heavy (non-hydrogen) atoms. The van der Waals surface area contributed by atoms with Crippen molar-refractivity contribution in [2.24, 2.45) is 5.41 Å². The number of piperidine rings is 1. The molecule has 1 amide bonds. The van der Waals surface area contributed by atoms with E-state index in [9.17, 15) is 22.0 Å². The third-order valence-corrected chi connectivity index (χ3v) is 6.33. The van der Waals surface area contributed by atoms with Gasteiger partial charge in [-0.1, -0.05) is 6.92 Å². The topological polar surface area (TPSA) is 75.3 Å². The van der Waals surface area contributed by atoms with Crippen LogP contribution >= 0.6 is 23.7 Å². The van der Waals surface area contributed by atoms with E-state index in [1.807, 2.05) is 6.92 Å². The number of thiophene rings is 1. The van der Waals surface area contributed by atoms with Gasteiger partial charge in [-0.15, -0.1) is 23.7 Å². The highest BCUT2D eigenvalue weighted by Crippen LogP contribution is 2.29. The monoisotopic (exact) mass is 388 g/mol. The van der Waals surface area contributed by atoms with Gasteiger partial charge in [0.25, 0.3) is 5.91 Å². The first-order valence-corrected chi connectivity index (χ1v) is 9.27. The fourth-order valence-corrected chi connectivity index (χ4v) is 4.45. The molecule has 0 saturated carbocycles. The Labute approximate surface area is 144 Å². The van der Waals surface area contributed by atoms with E-state index < -0.39 is 26.4 Å². The SMILES string of the molecule is CC1(CNC(=O)c2sccc2S(=O)(=O)C(F)F)CCNCC1.Cl. The number of nitrogens with one attached hydrogen (secondary N) is 2. The van der Waals surface area contributed by atoms with Gasteiger partial charge in [0.15, 0.2) is 0 Å². The summed E-state index contributed by atoms with van der Waals surface area (Å²) in [6.45, 7) is 4.14. The summed E-state index contributed by atoms with van der Waals surface area (Å²) in [4.78, 5) is 11.4. The van der Waals surface area contributed by atoms with E-state index >= 15 is 0 Å². The van der Waals surface area contributed by atoms with E-state index in [1.54, 1.807) is 0 Å². The summed E-state index contributed by atoms with van der Waals surface area (Å²) in [6.07, 6.45) is 1.78. The Morgan fingerprint density at radius 2 is 2.04 bits per heavy atom. The molecule has 0 aromatic carbocycles. The Bertz CT molecular complexity index is 643. The number of carbonyl (C=O) groups excluding carboxylic acids is 1. The molecule has 0 unspecified atom stereocenters. The van der Waals surface area contributed by atoms with Crippen LogP contribution in [0.2, 0.25) is 0 Å². The van der Waals surface area contributed by atoms with Gasteiger partial charge in [0, 0.05) is 6.54 Å². The van der Waals surface area contributed by atoms with Crippen LogP contribution in [0.15, 0.2) is 16.3 Å². The number of sulfone groups is 1. The van der Waals surface area contributed by atoms with E-state index in [0.717, 1.165) is 43.3 Å². The summed E-state index contributed by atoms with van der Waals surface area (Å²) in [5, 5.41) is 7.23. The predicted molar refractivity (Wildman–Crippen MR) is 87.3 cm³/mol. The summed E-state index contributed by atoms with van der Waals surface area (Å²) in [7, 11) is -4.76. The van der Waals surface area contributed by atoms with Gasteiger partial charge < -0.3 is 10.6 Å². The van der Waals surface area contributed by atoms with Crippen LogP contribution in [0.25, 0.3) is 0 Å². The van der Waals surface area contributed by atoms with Gasteiger partial charge in [-0.05, 0) is 42.8 Å². The van der Waals surface area contributed by atoms with Gasteiger partial charge in [0.05, 0.1) is 4.90 Å². The summed E-state index contributed by atoms with van der Waals surface area (Å²) in [5.74, 6) is -4.15. The second-order valence-electron chi connectivity index (χ2n) is 5.66. The Morgan fingerprint density at radius 3 is 2.61 bits per heavy atom. The lowest BCUT2D eigenvalue weighted by atomic mass is 9.81. The molecule has 0 atom stereocenters. The Kier molecular flexibility index (Phi) is 6.94. The lowest BCUT2D eigenvalue weighted by Crippen LogP contribution is -2.43. The summed E-state index contributed by atoms with van der Waals surface area (Å²) < 4.78 is 48.4. The molecule has 132 valence electrons. The molecule has 5 nitrogen and oxygen atoms in total. The number of alkyl halides is 2. The highest BCUT2D eigenvalue weighted by atomic mass is 35.5. The van der Waals surface area contributed by atoms with Crippen molar-refractivity contribution in [3.8, 4) is 0 Å². The van der Waals surface area contributed by atoms with Crippen molar-refractivity contribution in [2.75, 3.05) is 19.6 Å². The van der Waals surface area contributed by atoms with E-state index in [1.165, 1.54) is 5.38 Å². The molecular formula is C13H19ClF2N2O3S2. The normalized spacial score (nSPS) is 17.6. The minimum Gasteiger partial charge on any atom is -0.351 e. The van der Waals surface area contributed by atoms with Crippen molar-refractivity contribution >= 4 is 39.5 Å². The first-order chi connectivity index (χ1) is 10.3. The number of halogens is 3. The van der Waals surface area contributed by atoms with Crippen molar-refractivity contribution < 1.29 is 22.0 Å². The number of rotatable bonds is 5. The number of amides is 1. The van der Waals surface area contributed by atoms with Crippen molar-refractivity contribution in [1.82, 2.24) is 10.6 Å². The molecule has 1 fully saturated rings. The molecule has 1 aromatic heterocycles. The molecule has 0 spiro atoms. The second-order valence-corrected chi connectivity index (χ2v) is 8.47. The maximum Gasteiger partial charge on any atom is 0.341 e. The largest absolute Gasteiger partial charge is 0.351 e. The minimum absolute atomic E-state index is 0. The summed E-state index contributed by atoms with van der Waals surface area (Å²) >= 11 is 0.851. The van der Waals surface area contributed by atoms with Gasteiger partial charge in [-0.3, -0.25) is 4.79 Å². The Balaban J connectivity index is 0.00000264. The first-order valence-electron chi connectivity index (χ1n) is 6.85. The molecule has 0 bridgehead atoms. The Hall–Kier alpha value is -0.770. The molecule has 10 heteroatoms. The summed E-state index contributed by atoms with van der Waals surface area (Å²) in [5.41, 5.74) is -0.0695. The highest BCUT2D eigenvalue weighted by molar-refractivity contribution is 7.92. The van der Waals surface area contributed by atoms with E-state index in [4.69, 9.17) is 0 Å². The summed E-state index contributed by atoms with van der Waals surface area (Å²) in [6, 6.07) is 1.05. The van der Waals surface area contributed by atoms with Gasteiger partial charge in [0.1, 0.15) is 4.88 Å². The van der Waals surface area contributed by atoms with Crippen LogP contribution in [0.3, 0.4) is 0 Å². The lowest BCUT2D eigenvalue weighted by molar-refractivity contribution is 0.0923. The zero-order valence-corrected chi connectivity index (χ0v) is 14.9. The van der Waals surface area contributed by atoms with Crippen LogP contribution in [0.4, 0.5) is 8.78 Å². The van der Waals surface area contributed by atoms with Crippen LogP contribution in [-0.4, -0.2) is 39.7 Å². The molecular weight excluding hydrogens is 370 g/mol. The van der Waals surface area contributed by atoms with Gasteiger partial charge in [-0.25, -0.2) is 8.42 Å². The maximum absolute atomic E-state index is 12.6. The lowest BCUT2D eigenvalue weighted by Gasteiger charge is -2.34. The smallest absolute Gasteiger partial charge is 0.341 e. The van der Waals surface area contributed by atoms with Crippen LogP contribution in [0, 0.1) is 5.41 Å². The zero-order valence-electron chi connectivity index (χ0n) is 12.5. The zero-order chi connectivity index (χ0) is 16.4. The van der Waals surface area contributed by atoms with Crippen LogP contribution in [0.1, 0.15) is 29.4 Å². The predicted octanol–water partition coefficient (Wildman–Crippen LogP) is 2.29. The molecule has 1 aliphatic rings. The number of hydrogen-bond donors (Lipinski definition) is 2. The molecule has 2 heterocycles. The number of carbonyl (C=O) groups is 1. The van der Waals surface area contributed by atoms with Gasteiger partial charge in [0.2, 0.25) is 9.84 Å². The fraction of sp³-hybridized carbons (Fsp3) is 0.615. The number of hydrogen-bond acceptors (Lipinski definition) is 5. The fourth-order valence-electron chi connectivity index (χ4n) is 2.36. The highest BCUT2D eigenvalue weighted by Gasteiger charge is 2.33. The average molecular weight is 389 g/mol. The van der Waals surface area contributed by atoms with E-state index in [0.29, 0.717) is 6.54 Å². The standard InChI is InChI=1S/C13H18F2N2O3S2.ClH/c1-13(3-5-16-6-4-13)8-17-11(18)10-9(2-7-21-10)22(19,20)12(14)15;/h2,7,12,16H,3-6,8H2,1H3,(H,17,18);1H. The van der Waals surface area contributed by atoms with Crippen LogP contribution in [-0.2, 0) is 9.84 Å². The molecule has 1 aliphatic heterocycles. The molecule has 2 rings (SSSR count). The van der Waals surface area contributed by atoms with Crippen molar-refractivity contribution in [3.63, 3.8) is 0 Å². The Morgan fingerprint density at radius 1 is 1.43 bits per heavy atom. The average Bonchev–Trinajstić information content (AvgIpc) is 2.95. The molecule has 0 radical (unpaired) electrons. The molecule has 1 aromatic rings. The molecule has 0 aliphatic carbocycles. The van der Waals surface area contributed by atoms with Gasteiger partial charge >= 0.3 is 5.76 Å². The maximum atomic E-state index is 12.6.